The molecule has 0 bridgehead atoms. The van der Waals surface area contributed by atoms with E-state index in [0.29, 0.717) is 0 Å². The Morgan fingerprint density at radius 2 is 1.24 bits per heavy atom. The summed E-state index contributed by atoms with van der Waals surface area (Å²) in [5.74, 6) is 0. The number of hydrogen-bond acceptors (Lipinski definition) is 0. The van der Waals surface area contributed by atoms with Gasteiger partial charge in [0.2, 0.25) is 0 Å². The van der Waals surface area contributed by atoms with Gasteiger partial charge in [-0.3, -0.25) is 0 Å². The number of allylic oxidation sites excluding steroid dienone is 1. The molecule has 0 heteroatoms. The lowest BCUT2D eigenvalue weighted by Gasteiger charge is -2.37. The molecular formula is C29H24. The molecule has 2 aliphatic carbocycles. The van der Waals surface area contributed by atoms with Crippen molar-refractivity contribution in [3.8, 4) is 0 Å². The van der Waals surface area contributed by atoms with Crippen LogP contribution in [0.4, 0.5) is 0 Å². The Labute approximate surface area is 172 Å². The second-order valence-corrected chi connectivity index (χ2v) is 8.89. The van der Waals surface area contributed by atoms with Crippen molar-refractivity contribution in [3.05, 3.63) is 118 Å². The number of rotatable bonds is 0. The van der Waals surface area contributed by atoms with Crippen LogP contribution in [0.2, 0.25) is 0 Å². The van der Waals surface area contributed by atoms with Crippen LogP contribution in [0.3, 0.4) is 0 Å². The smallest absolute Gasteiger partial charge is 0.0158 e. The van der Waals surface area contributed by atoms with E-state index in [4.69, 9.17) is 0 Å². The summed E-state index contributed by atoms with van der Waals surface area (Å²) in [5, 5.41) is 2.73. The lowest BCUT2D eigenvalue weighted by atomic mass is 9.66. The average Bonchev–Trinajstić information content (AvgIpc) is 3.19. The molecule has 0 atom stereocenters. The van der Waals surface area contributed by atoms with Crippen molar-refractivity contribution in [2.24, 2.45) is 0 Å². The summed E-state index contributed by atoms with van der Waals surface area (Å²) in [5.41, 5.74) is 11.6. The van der Waals surface area contributed by atoms with Gasteiger partial charge < -0.3 is 0 Å². The molecule has 4 aromatic rings. The minimum atomic E-state index is 0.0113. The van der Waals surface area contributed by atoms with Gasteiger partial charge in [0.05, 0.1) is 0 Å². The number of aryl methyl sites for hydroxylation is 1. The van der Waals surface area contributed by atoms with Crippen LogP contribution < -0.4 is 0 Å². The van der Waals surface area contributed by atoms with Crippen LogP contribution in [0.15, 0.2) is 84.9 Å². The molecule has 0 aliphatic heterocycles. The molecule has 2 aliphatic rings. The molecule has 0 N–H and O–H groups in total. The standard InChI is InChI=1S/C29H24/c1-29(2)25-13-7-5-11-22(25)28(23-12-6-8-14-26(23)29)24-18-17-20-16-15-19-9-3-4-10-21(19)27(20)24/h3-16H,17-18H2,1-2H3. The highest BCUT2D eigenvalue weighted by Gasteiger charge is 2.36. The molecule has 140 valence electrons. The number of hydrogen-bond donors (Lipinski definition) is 0. The largest absolute Gasteiger partial charge is 0.0619 e. The fourth-order valence-corrected chi connectivity index (χ4v) is 5.62. The first-order valence-corrected chi connectivity index (χ1v) is 10.6. The second-order valence-electron chi connectivity index (χ2n) is 8.89. The summed E-state index contributed by atoms with van der Waals surface area (Å²) in [6.45, 7) is 4.73. The van der Waals surface area contributed by atoms with Crippen molar-refractivity contribution >= 4 is 21.9 Å². The van der Waals surface area contributed by atoms with Gasteiger partial charge in [0, 0.05) is 5.41 Å². The van der Waals surface area contributed by atoms with E-state index in [0.717, 1.165) is 12.8 Å². The fourth-order valence-electron chi connectivity index (χ4n) is 5.62. The monoisotopic (exact) mass is 372 g/mol. The summed E-state index contributed by atoms with van der Waals surface area (Å²) < 4.78 is 0. The SMILES string of the molecule is CC1(C)c2ccccc2C(=C2CCc3ccc4ccccc4c32)c2ccccc21. The van der Waals surface area contributed by atoms with Crippen LogP contribution >= 0.6 is 0 Å². The van der Waals surface area contributed by atoms with Crippen LogP contribution in [-0.4, -0.2) is 0 Å². The minimum Gasteiger partial charge on any atom is -0.0619 e. The van der Waals surface area contributed by atoms with Crippen LogP contribution in [0.25, 0.3) is 21.9 Å². The zero-order chi connectivity index (χ0) is 19.6. The Bertz CT molecular complexity index is 1270. The quantitative estimate of drug-likeness (QED) is 0.302. The first kappa shape index (κ1) is 16.8. The van der Waals surface area contributed by atoms with Gasteiger partial charge in [-0.1, -0.05) is 98.8 Å². The Balaban J connectivity index is 1.77. The van der Waals surface area contributed by atoms with Crippen molar-refractivity contribution in [2.45, 2.75) is 32.1 Å². The van der Waals surface area contributed by atoms with Gasteiger partial charge in [-0.15, -0.1) is 0 Å². The van der Waals surface area contributed by atoms with E-state index in [1.54, 1.807) is 0 Å². The molecule has 0 aromatic heterocycles. The molecule has 4 aromatic carbocycles. The Kier molecular flexibility index (Phi) is 3.44. The Morgan fingerprint density at radius 1 is 0.621 bits per heavy atom. The molecule has 29 heavy (non-hydrogen) atoms. The highest BCUT2D eigenvalue weighted by molar-refractivity contribution is 6.09. The minimum absolute atomic E-state index is 0.0113. The topological polar surface area (TPSA) is 0 Å². The predicted octanol–water partition coefficient (Wildman–Crippen LogP) is 7.38. The second kappa shape index (κ2) is 5.94. The molecule has 0 unspecified atom stereocenters. The van der Waals surface area contributed by atoms with Gasteiger partial charge in [-0.2, -0.15) is 0 Å². The first-order chi connectivity index (χ1) is 14.2. The van der Waals surface area contributed by atoms with Crippen molar-refractivity contribution in [1.82, 2.24) is 0 Å². The van der Waals surface area contributed by atoms with Crippen LogP contribution in [-0.2, 0) is 11.8 Å². The molecule has 0 saturated carbocycles. The highest BCUT2D eigenvalue weighted by atomic mass is 14.4. The molecule has 0 radical (unpaired) electrons. The van der Waals surface area contributed by atoms with Crippen molar-refractivity contribution < 1.29 is 0 Å². The third kappa shape index (κ3) is 2.26. The summed E-state index contributed by atoms with van der Waals surface area (Å²) >= 11 is 0. The maximum Gasteiger partial charge on any atom is 0.0158 e. The van der Waals surface area contributed by atoms with Crippen LogP contribution in [0.1, 0.15) is 53.6 Å². The van der Waals surface area contributed by atoms with Crippen molar-refractivity contribution in [1.29, 1.82) is 0 Å². The first-order valence-electron chi connectivity index (χ1n) is 10.6. The van der Waals surface area contributed by atoms with Gasteiger partial charge >= 0.3 is 0 Å². The van der Waals surface area contributed by atoms with Gasteiger partial charge in [0.1, 0.15) is 0 Å². The third-order valence-electron chi connectivity index (χ3n) is 7.00. The van der Waals surface area contributed by atoms with Crippen LogP contribution in [0, 0.1) is 0 Å². The number of benzene rings is 4. The fraction of sp³-hybridized carbons (Fsp3) is 0.172. The van der Waals surface area contributed by atoms with E-state index in [2.05, 4.69) is 98.8 Å². The summed E-state index contributed by atoms with van der Waals surface area (Å²) in [4.78, 5) is 0. The predicted molar refractivity (Wildman–Crippen MR) is 123 cm³/mol. The molecular weight excluding hydrogens is 348 g/mol. The zero-order valence-electron chi connectivity index (χ0n) is 17.0. The van der Waals surface area contributed by atoms with E-state index in [1.165, 1.54) is 55.3 Å². The average molecular weight is 373 g/mol. The zero-order valence-corrected chi connectivity index (χ0v) is 17.0. The van der Waals surface area contributed by atoms with Gasteiger partial charge in [0.15, 0.2) is 0 Å². The summed E-state index contributed by atoms with van der Waals surface area (Å²) in [6, 6.07) is 31.6. The van der Waals surface area contributed by atoms with Crippen molar-refractivity contribution in [2.75, 3.05) is 0 Å². The van der Waals surface area contributed by atoms with E-state index < -0.39 is 0 Å². The maximum atomic E-state index is 2.37. The summed E-state index contributed by atoms with van der Waals surface area (Å²) in [7, 11) is 0. The molecule has 0 amide bonds. The Morgan fingerprint density at radius 3 is 1.97 bits per heavy atom. The highest BCUT2D eigenvalue weighted by Crippen LogP contribution is 2.51. The normalized spacial score (nSPS) is 16.5. The third-order valence-corrected chi connectivity index (χ3v) is 7.00. The van der Waals surface area contributed by atoms with Gasteiger partial charge in [-0.25, -0.2) is 0 Å². The van der Waals surface area contributed by atoms with E-state index in [1.807, 2.05) is 0 Å². The van der Waals surface area contributed by atoms with Crippen LogP contribution in [0.5, 0.6) is 0 Å². The lowest BCUT2D eigenvalue weighted by Crippen LogP contribution is -2.26. The summed E-state index contributed by atoms with van der Waals surface area (Å²) in [6.07, 6.45) is 2.24. The molecule has 0 nitrogen and oxygen atoms in total. The molecule has 0 heterocycles. The molecule has 0 saturated heterocycles. The van der Waals surface area contributed by atoms with E-state index in [9.17, 15) is 0 Å². The van der Waals surface area contributed by atoms with Gasteiger partial charge in [-0.05, 0) is 68.1 Å². The molecule has 0 spiro atoms. The molecule has 6 rings (SSSR count). The van der Waals surface area contributed by atoms with E-state index in [-0.39, 0.29) is 5.41 Å². The lowest BCUT2D eigenvalue weighted by molar-refractivity contribution is 0.630. The number of fused-ring (bicyclic) bond motifs is 5. The van der Waals surface area contributed by atoms with E-state index >= 15 is 0 Å². The van der Waals surface area contributed by atoms with Crippen molar-refractivity contribution in [3.63, 3.8) is 0 Å². The molecule has 0 fully saturated rings. The van der Waals surface area contributed by atoms with Gasteiger partial charge in [0.25, 0.3) is 0 Å². The maximum absolute atomic E-state index is 2.37. The Hall–Kier alpha value is -3.12.